The van der Waals surface area contributed by atoms with Crippen molar-refractivity contribution >= 4 is 5.91 Å². The molecule has 0 aliphatic heterocycles. The van der Waals surface area contributed by atoms with E-state index in [0.29, 0.717) is 6.42 Å². The molecule has 0 aliphatic carbocycles. The first-order valence-corrected chi connectivity index (χ1v) is 14.7. The molecular formula is C31H57NO3. The summed E-state index contributed by atoms with van der Waals surface area (Å²) in [7, 11) is 0. The number of allylic oxidation sites excluding steroid dienone is 5. The molecule has 0 fully saturated rings. The normalized spacial score (nSPS) is 13.8. The van der Waals surface area contributed by atoms with Crippen molar-refractivity contribution in [1.82, 2.24) is 5.32 Å². The van der Waals surface area contributed by atoms with Crippen LogP contribution in [-0.4, -0.2) is 34.9 Å². The second-order valence-electron chi connectivity index (χ2n) is 9.82. The van der Waals surface area contributed by atoms with Crippen molar-refractivity contribution in [2.45, 2.75) is 148 Å². The van der Waals surface area contributed by atoms with Crippen LogP contribution in [0.2, 0.25) is 0 Å². The number of carbonyl (C=O) groups excluding carboxylic acids is 1. The van der Waals surface area contributed by atoms with Gasteiger partial charge in [0.2, 0.25) is 5.91 Å². The van der Waals surface area contributed by atoms with E-state index in [0.717, 1.165) is 38.5 Å². The number of hydrogen-bond acceptors (Lipinski definition) is 3. The highest BCUT2D eigenvalue weighted by atomic mass is 16.3. The lowest BCUT2D eigenvalue weighted by Gasteiger charge is -2.19. The third-order valence-corrected chi connectivity index (χ3v) is 6.45. The summed E-state index contributed by atoms with van der Waals surface area (Å²) < 4.78 is 0. The second kappa shape index (κ2) is 27.2. The van der Waals surface area contributed by atoms with Crippen LogP contribution in [0.4, 0.5) is 0 Å². The quantitative estimate of drug-likeness (QED) is 0.0896. The molecule has 0 aromatic carbocycles. The summed E-state index contributed by atoms with van der Waals surface area (Å²) in [4.78, 5) is 12.2. The van der Waals surface area contributed by atoms with Crippen molar-refractivity contribution in [2.24, 2.45) is 0 Å². The van der Waals surface area contributed by atoms with Crippen LogP contribution in [-0.2, 0) is 4.79 Å². The molecule has 0 bridgehead atoms. The molecule has 0 radical (unpaired) electrons. The van der Waals surface area contributed by atoms with Gasteiger partial charge in [-0.1, -0.05) is 127 Å². The van der Waals surface area contributed by atoms with Gasteiger partial charge in [0.25, 0.3) is 0 Å². The van der Waals surface area contributed by atoms with Gasteiger partial charge in [-0.25, -0.2) is 0 Å². The van der Waals surface area contributed by atoms with E-state index in [2.05, 4.69) is 36.5 Å². The zero-order chi connectivity index (χ0) is 25.8. The smallest absolute Gasteiger partial charge is 0.220 e. The summed E-state index contributed by atoms with van der Waals surface area (Å²) in [5, 5.41) is 22.6. The van der Waals surface area contributed by atoms with Crippen LogP contribution in [0.3, 0.4) is 0 Å². The molecule has 1 amide bonds. The molecule has 0 heterocycles. The molecule has 0 spiro atoms. The Hall–Kier alpha value is -1.39. The Morgan fingerprint density at radius 2 is 1.17 bits per heavy atom. The Morgan fingerprint density at radius 3 is 1.66 bits per heavy atom. The summed E-state index contributed by atoms with van der Waals surface area (Å²) in [6.07, 6.45) is 33.7. The molecule has 0 aromatic rings. The molecule has 3 N–H and O–H groups in total. The number of nitrogens with one attached hydrogen (secondary N) is 1. The van der Waals surface area contributed by atoms with Gasteiger partial charge in [-0.15, -0.1) is 0 Å². The van der Waals surface area contributed by atoms with E-state index in [1.165, 1.54) is 77.0 Å². The summed E-state index contributed by atoms with van der Waals surface area (Å²) in [6, 6.07) is -0.637. The van der Waals surface area contributed by atoms with Crippen LogP contribution >= 0.6 is 0 Å². The number of amides is 1. The Bertz CT molecular complexity index is 541. The van der Waals surface area contributed by atoms with Gasteiger partial charge in [0.1, 0.15) is 0 Å². The number of aliphatic hydroxyl groups excluding tert-OH is 2. The molecule has 0 aliphatic rings. The predicted octanol–water partition coefficient (Wildman–Crippen LogP) is 7.94. The van der Waals surface area contributed by atoms with Gasteiger partial charge in [-0.05, 0) is 39.0 Å². The highest BCUT2D eigenvalue weighted by Crippen LogP contribution is 2.13. The van der Waals surface area contributed by atoms with Gasteiger partial charge in [0.15, 0.2) is 0 Å². The molecule has 4 nitrogen and oxygen atoms in total. The van der Waals surface area contributed by atoms with Gasteiger partial charge in [0.05, 0.1) is 18.8 Å². The predicted molar refractivity (Wildman–Crippen MR) is 152 cm³/mol. The third kappa shape index (κ3) is 24.1. The summed E-state index contributed by atoms with van der Waals surface area (Å²) in [5.74, 6) is -0.0838. The molecule has 0 aromatic heterocycles. The summed E-state index contributed by atoms with van der Waals surface area (Å²) in [6.45, 7) is 4.03. The highest BCUT2D eigenvalue weighted by Gasteiger charge is 2.17. The van der Waals surface area contributed by atoms with E-state index in [4.69, 9.17) is 0 Å². The van der Waals surface area contributed by atoms with Gasteiger partial charge in [-0.2, -0.15) is 0 Å². The topological polar surface area (TPSA) is 69.6 Å². The number of hydrogen-bond donors (Lipinski definition) is 3. The Balaban J connectivity index is 3.70. The first-order valence-electron chi connectivity index (χ1n) is 14.7. The average molecular weight is 492 g/mol. The maximum Gasteiger partial charge on any atom is 0.220 e. The number of aliphatic hydroxyl groups is 2. The minimum absolute atomic E-state index is 0.0838. The molecule has 2 unspecified atom stereocenters. The fourth-order valence-corrected chi connectivity index (χ4v) is 4.16. The van der Waals surface area contributed by atoms with E-state index in [1.54, 1.807) is 6.08 Å². The van der Waals surface area contributed by atoms with Crippen LogP contribution in [0, 0.1) is 0 Å². The minimum Gasteiger partial charge on any atom is -0.394 e. The molecule has 2 atom stereocenters. The Labute approximate surface area is 217 Å². The monoisotopic (exact) mass is 491 g/mol. The largest absolute Gasteiger partial charge is 0.394 e. The van der Waals surface area contributed by atoms with Crippen molar-refractivity contribution < 1.29 is 15.0 Å². The van der Waals surface area contributed by atoms with E-state index >= 15 is 0 Å². The van der Waals surface area contributed by atoms with Crippen molar-refractivity contribution in [1.29, 1.82) is 0 Å². The SMILES string of the molecule is C/C=C/CC/C=C/CC/C=C/C(O)C(CO)NC(=O)CCCCCCCCCCCCCCCC. The van der Waals surface area contributed by atoms with Crippen LogP contribution in [0.15, 0.2) is 36.5 Å². The van der Waals surface area contributed by atoms with Crippen molar-refractivity contribution in [3.8, 4) is 0 Å². The molecule has 0 rings (SSSR count). The minimum atomic E-state index is -0.862. The van der Waals surface area contributed by atoms with Crippen LogP contribution in [0.5, 0.6) is 0 Å². The molecule has 35 heavy (non-hydrogen) atoms. The van der Waals surface area contributed by atoms with E-state index < -0.39 is 12.1 Å². The van der Waals surface area contributed by atoms with Gasteiger partial charge in [0, 0.05) is 6.42 Å². The zero-order valence-electron chi connectivity index (χ0n) is 23.1. The van der Waals surface area contributed by atoms with Gasteiger partial charge < -0.3 is 15.5 Å². The maximum absolute atomic E-state index is 12.2. The third-order valence-electron chi connectivity index (χ3n) is 6.45. The second-order valence-corrected chi connectivity index (χ2v) is 9.82. The Kier molecular flexibility index (Phi) is 26.1. The van der Waals surface area contributed by atoms with Crippen LogP contribution in [0.1, 0.15) is 136 Å². The zero-order valence-corrected chi connectivity index (χ0v) is 23.1. The molecule has 0 saturated heterocycles. The number of rotatable bonds is 25. The summed E-state index contributed by atoms with van der Waals surface area (Å²) >= 11 is 0. The average Bonchev–Trinajstić information content (AvgIpc) is 2.86. The van der Waals surface area contributed by atoms with Crippen LogP contribution in [0.25, 0.3) is 0 Å². The lowest BCUT2D eigenvalue weighted by atomic mass is 10.0. The Morgan fingerprint density at radius 1 is 0.714 bits per heavy atom. The van der Waals surface area contributed by atoms with Crippen molar-refractivity contribution in [3.63, 3.8) is 0 Å². The molecule has 4 heteroatoms. The van der Waals surface area contributed by atoms with Crippen LogP contribution < -0.4 is 5.32 Å². The number of unbranched alkanes of at least 4 members (excludes halogenated alkanes) is 15. The standard InChI is InChI=1S/C31H57NO3/c1-3-5-7-9-11-13-14-15-16-17-19-21-23-25-27-31(35)32-29(28-33)30(34)26-24-22-20-18-12-10-8-6-4-2/h4,6,12,18,24,26,29-30,33-34H,3,5,7-11,13-17,19-23,25,27-28H2,1-2H3,(H,32,35)/b6-4+,18-12+,26-24+. The number of carbonyl (C=O) groups is 1. The van der Waals surface area contributed by atoms with Crippen molar-refractivity contribution in [2.75, 3.05) is 6.61 Å². The first-order chi connectivity index (χ1) is 17.2. The molecule has 204 valence electrons. The molecule has 0 saturated carbocycles. The fourth-order valence-electron chi connectivity index (χ4n) is 4.16. The van der Waals surface area contributed by atoms with Gasteiger partial charge >= 0.3 is 0 Å². The lowest BCUT2D eigenvalue weighted by Crippen LogP contribution is -2.45. The lowest BCUT2D eigenvalue weighted by molar-refractivity contribution is -0.123. The van der Waals surface area contributed by atoms with E-state index in [9.17, 15) is 15.0 Å². The van der Waals surface area contributed by atoms with Gasteiger partial charge in [-0.3, -0.25) is 4.79 Å². The fraction of sp³-hybridized carbons (Fsp3) is 0.774. The maximum atomic E-state index is 12.2. The van der Waals surface area contributed by atoms with E-state index in [-0.39, 0.29) is 12.5 Å². The first kappa shape index (κ1) is 33.6. The molecular weight excluding hydrogens is 434 g/mol. The summed E-state index contributed by atoms with van der Waals surface area (Å²) in [5.41, 5.74) is 0. The van der Waals surface area contributed by atoms with Crippen molar-refractivity contribution in [3.05, 3.63) is 36.5 Å². The van der Waals surface area contributed by atoms with E-state index in [1.807, 2.05) is 13.0 Å². The highest BCUT2D eigenvalue weighted by molar-refractivity contribution is 5.76.